The Balaban J connectivity index is 1.46. The standard InChI is InChI=1S/C23H31N5O/c1-2-14-28-21-7-6-19(25-13-10-18-8-11-24-12-9-18)17-20(21)22(26-28)23(29)27-15-4-3-5-16-27/h2,8-9,11-12,19,25H,1,3-7,10,13-17H2/t19-/m0/s1. The van der Waals surface area contributed by atoms with Gasteiger partial charge in [0, 0.05) is 42.8 Å². The lowest BCUT2D eigenvalue weighted by atomic mass is 9.90. The van der Waals surface area contributed by atoms with E-state index in [0.29, 0.717) is 18.3 Å². The van der Waals surface area contributed by atoms with Gasteiger partial charge in [-0.2, -0.15) is 5.10 Å². The summed E-state index contributed by atoms with van der Waals surface area (Å²) in [7, 11) is 0. The summed E-state index contributed by atoms with van der Waals surface area (Å²) in [6.45, 7) is 7.17. The number of hydrogen-bond donors (Lipinski definition) is 1. The van der Waals surface area contributed by atoms with Crippen LogP contribution in [0.15, 0.2) is 37.2 Å². The van der Waals surface area contributed by atoms with Gasteiger partial charge in [-0.1, -0.05) is 6.08 Å². The highest BCUT2D eigenvalue weighted by Gasteiger charge is 2.31. The number of piperidine rings is 1. The van der Waals surface area contributed by atoms with Crippen LogP contribution in [0, 0.1) is 0 Å². The first kappa shape index (κ1) is 19.8. The van der Waals surface area contributed by atoms with Crippen LogP contribution in [-0.2, 0) is 25.8 Å². The minimum absolute atomic E-state index is 0.112. The van der Waals surface area contributed by atoms with Gasteiger partial charge < -0.3 is 10.2 Å². The van der Waals surface area contributed by atoms with Crippen molar-refractivity contribution in [3.05, 3.63) is 59.7 Å². The van der Waals surface area contributed by atoms with Crippen LogP contribution in [0.5, 0.6) is 0 Å². The summed E-state index contributed by atoms with van der Waals surface area (Å²) in [5, 5.41) is 8.43. The first-order chi connectivity index (χ1) is 14.3. The summed E-state index contributed by atoms with van der Waals surface area (Å²) >= 11 is 0. The highest BCUT2D eigenvalue weighted by molar-refractivity contribution is 5.94. The number of nitrogens with one attached hydrogen (secondary N) is 1. The number of aromatic nitrogens is 3. The van der Waals surface area contributed by atoms with Crippen molar-refractivity contribution in [2.24, 2.45) is 0 Å². The van der Waals surface area contributed by atoms with Gasteiger partial charge in [0.15, 0.2) is 5.69 Å². The molecule has 2 aromatic rings. The van der Waals surface area contributed by atoms with Crippen molar-refractivity contribution in [1.82, 2.24) is 25.0 Å². The normalized spacial score (nSPS) is 19.0. The molecule has 0 unspecified atom stereocenters. The number of carbonyl (C=O) groups excluding carboxylic acids is 1. The predicted molar refractivity (Wildman–Crippen MR) is 114 cm³/mol. The largest absolute Gasteiger partial charge is 0.337 e. The molecule has 2 aliphatic rings. The minimum Gasteiger partial charge on any atom is -0.337 e. The Bertz CT molecular complexity index is 838. The number of carbonyl (C=O) groups is 1. The van der Waals surface area contributed by atoms with Crippen LogP contribution in [0.4, 0.5) is 0 Å². The maximum absolute atomic E-state index is 13.2. The van der Waals surface area contributed by atoms with Crippen LogP contribution in [0.25, 0.3) is 0 Å². The molecular formula is C23H31N5O. The summed E-state index contributed by atoms with van der Waals surface area (Å²) in [6, 6.07) is 4.52. The topological polar surface area (TPSA) is 63.1 Å². The summed E-state index contributed by atoms with van der Waals surface area (Å²) in [5.74, 6) is 0.112. The van der Waals surface area contributed by atoms with Crippen molar-refractivity contribution in [2.45, 2.75) is 57.5 Å². The van der Waals surface area contributed by atoms with Crippen molar-refractivity contribution in [2.75, 3.05) is 19.6 Å². The van der Waals surface area contributed by atoms with Gasteiger partial charge in [-0.25, -0.2) is 0 Å². The lowest BCUT2D eigenvalue weighted by molar-refractivity contribution is 0.0716. The van der Waals surface area contributed by atoms with Crippen LogP contribution >= 0.6 is 0 Å². The second kappa shape index (κ2) is 9.35. The SMILES string of the molecule is C=CCn1nc(C(=O)N2CCCCC2)c2c1CC[C@H](NCCc1ccncc1)C2. The number of hydrogen-bond acceptors (Lipinski definition) is 4. The molecule has 0 radical (unpaired) electrons. The molecule has 1 amide bonds. The van der Waals surface area contributed by atoms with Crippen LogP contribution in [0.3, 0.4) is 0 Å². The van der Waals surface area contributed by atoms with Crippen molar-refractivity contribution >= 4 is 5.91 Å². The van der Waals surface area contributed by atoms with E-state index in [1.807, 2.05) is 28.1 Å². The second-order valence-electron chi connectivity index (χ2n) is 8.10. The highest BCUT2D eigenvalue weighted by atomic mass is 16.2. The van der Waals surface area contributed by atoms with Crippen molar-refractivity contribution < 1.29 is 4.79 Å². The number of nitrogens with zero attached hydrogens (tertiary/aromatic N) is 4. The average molecular weight is 394 g/mol. The third kappa shape index (κ3) is 4.58. The van der Waals surface area contributed by atoms with E-state index in [1.54, 1.807) is 0 Å². The van der Waals surface area contributed by atoms with E-state index < -0.39 is 0 Å². The number of allylic oxidation sites excluding steroid dienone is 1. The second-order valence-corrected chi connectivity index (χ2v) is 8.10. The van der Waals surface area contributed by atoms with E-state index in [1.165, 1.54) is 17.7 Å². The molecule has 1 fully saturated rings. The molecule has 1 N–H and O–H groups in total. The van der Waals surface area contributed by atoms with E-state index in [4.69, 9.17) is 5.10 Å². The first-order valence-electron chi connectivity index (χ1n) is 10.9. The zero-order valence-electron chi connectivity index (χ0n) is 17.1. The fourth-order valence-electron chi connectivity index (χ4n) is 4.52. The van der Waals surface area contributed by atoms with Crippen molar-refractivity contribution in [3.63, 3.8) is 0 Å². The predicted octanol–water partition coefficient (Wildman–Crippen LogP) is 2.78. The minimum atomic E-state index is 0.112. The maximum atomic E-state index is 13.2. The molecule has 4 rings (SSSR count). The summed E-state index contributed by atoms with van der Waals surface area (Å²) < 4.78 is 1.99. The Morgan fingerprint density at radius 2 is 2.03 bits per heavy atom. The van der Waals surface area contributed by atoms with Gasteiger partial charge in [0.25, 0.3) is 5.91 Å². The number of likely N-dealkylation sites (tertiary alicyclic amines) is 1. The van der Waals surface area contributed by atoms with E-state index in [-0.39, 0.29) is 5.91 Å². The van der Waals surface area contributed by atoms with E-state index in [2.05, 4.69) is 29.0 Å². The van der Waals surface area contributed by atoms with Crippen LogP contribution in [0.1, 0.15) is 53.0 Å². The molecule has 29 heavy (non-hydrogen) atoms. The monoisotopic (exact) mass is 393 g/mol. The maximum Gasteiger partial charge on any atom is 0.274 e. The third-order valence-corrected chi connectivity index (χ3v) is 6.09. The number of pyridine rings is 1. The molecule has 6 nitrogen and oxygen atoms in total. The third-order valence-electron chi connectivity index (χ3n) is 6.09. The van der Waals surface area contributed by atoms with Gasteiger partial charge >= 0.3 is 0 Å². The molecule has 1 saturated heterocycles. The van der Waals surface area contributed by atoms with E-state index in [0.717, 1.165) is 63.7 Å². The van der Waals surface area contributed by atoms with Crippen LogP contribution < -0.4 is 5.32 Å². The molecule has 154 valence electrons. The van der Waals surface area contributed by atoms with Gasteiger partial charge in [-0.3, -0.25) is 14.5 Å². The van der Waals surface area contributed by atoms with E-state index in [9.17, 15) is 4.79 Å². The summed E-state index contributed by atoms with van der Waals surface area (Å²) in [6.07, 6.45) is 12.8. The lowest BCUT2D eigenvalue weighted by Crippen LogP contribution is -2.38. The van der Waals surface area contributed by atoms with E-state index >= 15 is 0 Å². The highest BCUT2D eigenvalue weighted by Crippen LogP contribution is 2.27. The van der Waals surface area contributed by atoms with Crippen LogP contribution in [0.2, 0.25) is 0 Å². The Hall–Kier alpha value is -2.47. The molecule has 0 bridgehead atoms. The number of amides is 1. The van der Waals surface area contributed by atoms with Gasteiger partial charge in [-0.05, 0) is 69.2 Å². The smallest absolute Gasteiger partial charge is 0.274 e. The molecule has 1 atom stereocenters. The van der Waals surface area contributed by atoms with Gasteiger partial charge in [0.1, 0.15) is 0 Å². The molecule has 1 aliphatic carbocycles. The van der Waals surface area contributed by atoms with Crippen molar-refractivity contribution in [3.8, 4) is 0 Å². The Labute approximate surface area is 173 Å². The molecule has 3 heterocycles. The molecular weight excluding hydrogens is 362 g/mol. The van der Waals surface area contributed by atoms with Gasteiger partial charge in [0.05, 0.1) is 6.54 Å². The van der Waals surface area contributed by atoms with Crippen LogP contribution in [-0.4, -0.2) is 51.2 Å². The summed E-state index contributed by atoms with van der Waals surface area (Å²) in [4.78, 5) is 19.3. The molecule has 0 aromatic carbocycles. The fourth-order valence-corrected chi connectivity index (χ4v) is 4.52. The van der Waals surface area contributed by atoms with Gasteiger partial charge in [0.2, 0.25) is 0 Å². The van der Waals surface area contributed by atoms with Gasteiger partial charge in [-0.15, -0.1) is 6.58 Å². The molecule has 6 heteroatoms. The molecule has 2 aromatic heterocycles. The lowest BCUT2D eigenvalue weighted by Gasteiger charge is -2.27. The quantitative estimate of drug-likeness (QED) is 0.735. The number of rotatable bonds is 7. The Morgan fingerprint density at radius 1 is 1.24 bits per heavy atom. The summed E-state index contributed by atoms with van der Waals surface area (Å²) in [5.41, 5.74) is 4.33. The average Bonchev–Trinajstić information content (AvgIpc) is 3.13. The Kier molecular flexibility index (Phi) is 6.39. The number of fused-ring (bicyclic) bond motifs is 1. The Morgan fingerprint density at radius 3 is 2.79 bits per heavy atom. The zero-order chi connectivity index (χ0) is 20.1. The fraction of sp³-hybridized carbons (Fsp3) is 0.522. The molecule has 1 aliphatic heterocycles. The first-order valence-corrected chi connectivity index (χ1v) is 10.9. The van der Waals surface area contributed by atoms with Crippen molar-refractivity contribution in [1.29, 1.82) is 0 Å². The zero-order valence-corrected chi connectivity index (χ0v) is 17.1. The molecule has 0 saturated carbocycles. The molecule has 0 spiro atoms.